The predicted molar refractivity (Wildman–Crippen MR) is 119 cm³/mol. The fourth-order valence-corrected chi connectivity index (χ4v) is 4.98. The van der Waals surface area contributed by atoms with Crippen LogP contribution in [-0.4, -0.2) is 23.1 Å². The number of benzene rings is 3. The molecule has 2 heterocycles. The van der Waals surface area contributed by atoms with Crippen molar-refractivity contribution in [3.63, 3.8) is 0 Å². The summed E-state index contributed by atoms with van der Waals surface area (Å²) >= 11 is 0. The molecule has 0 N–H and O–H groups in total. The molecule has 0 spiro atoms. The highest BCUT2D eigenvalue weighted by molar-refractivity contribution is 5.87. The Hall–Kier alpha value is -2.58. The predicted octanol–water partition coefficient (Wildman–Crippen LogP) is 5.89. The lowest BCUT2D eigenvalue weighted by atomic mass is 9.97. The molecule has 5 rings (SSSR count). The number of aryl methyl sites for hydroxylation is 3. The lowest BCUT2D eigenvalue weighted by Crippen LogP contribution is -2.31. The maximum atomic E-state index is 2.61. The van der Waals surface area contributed by atoms with Gasteiger partial charge < -0.3 is 4.57 Å². The molecule has 1 unspecified atom stereocenters. The first-order valence-corrected chi connectivity index (χ1v) is 10.4. The van der Waals surface area contributed by atoms with Gasteiger partial charge in [0.05, 0.1) is 0 Å². The second-order valence-corrected chi connectivity index (χ2v) is 8.33. The van der Waals surface area contributed by atoms with Crippen LogP contribution in [-0.2, 0) is 19.4 Å². The highest BCUT2D eigenvalue weighted by atomic mass is 15.1. The number of hydrogen-bond donors (Lipinski definition) is 0. The minimum Gasteiger partial charge on any atom is -0.344 e. The molecular formula is C26H28N2. The molecule has 0 aliphatic carbocycles. The van der Waals surface area contributed by atoms with E-state index >= 15 is 0 Å². The van der Waals surface area contributed by atoms with E-state index in [1.807, 2.05) is 0 Å². The molecule has 1 aliphatic rings. The summed E-state index contributed by atoms with van der Waals surface area (Å²) in [7, 11) is 2.25. The Kier molecular flexibility index (Phi) is 4.25. The molecular weight excluding hydrogens is 340 g/mol. The average Bonchev–Trinajstić information content (AvgIpc) is 3.02. The minimum absolute atomic E-state index is 0.479. The summed E-state index contributed by atoms with van der Waals surface area (Å²) in [5, 5.41) is 4.18. The first-order valence-electron chi connectivity index (χ1n) is 10.4. The average molecular weight is 369 g/mol. The van der Waals surface area contributed by atoms with Gasteiger partial charge in [0.25, 0.3) is 0 Å². The largest absolute Gasteiger partial charge is 0.344 e. The van der Waals surface area contributed by atoms with Gasteiger partial charge in [0.15, 0.2) is 0 Å². The molecule has 0 bridgehead atoms. The molecule has 4 aromatic rings. The minimum atomic E-state index is 0.479. The van der Waals surface area contributed by atoms with Crippen LogP contribution in [0.1, 0.15) is 35.3 Å². The Balaban J connectivity index is 1.60. The summed E-state index contributed by atoms with van der Waals surface area (Å²) in [6.07, 6.45) is 2.20. The van der Waals surface area contributed by atoms with Crippen LogP contribution in [0.2, 0.25) is 0 Å². The third-order valence-electron chi connectivity index (χ3n) is 6.63. The second-order valence-electron chi connectivity index (χ2n) is 8.33. The zero-order valence-electron chi connectivity index (χ0n) is 17.1. The van der Waals surface area contributed by atoms with E-state index < -0.39 is 0 Å². The smallest absolute Gasteiger partial charge is 0.0486 e. The van der Waals surface area contributed by atoms with Gasteiger partial charge in [-0.15, -0.1) is 0 Å². The standard InChI is InChI=1S/C26H28N2/c1-18-11-12-24-23(17-18)26-19(2)27(3)15-14-25(26)28(24)16-13-21-9-6-8-20-7-4-5-10-22(20)21/h4-12,17,19H,13-16H2,1-3H3. The number of likely N-dealkylation sites (N-methyl/N-ethyl adjacent to an activating group) is 1. The Labute approximate surface area is 167 Å². The molecule has 0 fully saturated rings. The molecule has 28 heavy (non-hydrogen) atoms. The molecule has 0 amide bonds. The van der Waals surface area contributed by atoms with Crippen LogP contribution in [0.15, 0.2) is 60.7 Å². The summed E-state index contributed by atoms with van der Waals surface area (Å²) < 4.78 is 2.61. The van der Waals surface area contributed by atoms with E-state index in [0.717, 1.165) is 25.9 Å². The number of hydrogen-bond acceptors (Lipinski definition) is 1. The van der Waals surface area contributed by atoms with Crippen molar-refractivity contribution >= 4 is 21.7 Å². The van der Waals surface area contributed by atoms with Gasteiger partial charge >= 0.3 is 0 Å². The lowest BCUT2D eigenvalue weighted by Gasteiger charge is -2.31. The maximum Gasteiger partial charge on any atom is 0.0486 e. The SMILES string of the molecule is Cc1ccc2c(c1)c1c(n2CCc2cccc3ccccc23)CCN(C)C1C. The van der Waals surface area contributed by atoms with Crippen molar-refractivity contribution in [2.75, 3.05) is 13.6 Å². The zero-order valence-corrected chi connectivity index (χ0v) is 17.1. The molecule has 0 radical (unpaired) electrons. The number of nitrogens with zero attached hydrogens (tertiary/aromatic N) is 2. The number of aromatic nitrogens is 1. The first kappa shape index (κ1) is 17.5. The number of rotatable bonds is 3. The van der Waals surface area contributed by atoms with Gasteiger partial charge in [0.2, 0.25) is 0 Å². The Morgan fingerprint density at radius 1 is 0.964 bits per heavy atom. The summed E-state index contributed by atoms with van der Waals surface area (Å²) in [6.45, 7) is 6.74. The van der Waals surface area contributed by atoms with Gasteiger partial charge in [-0.2, -0.15) is 0 Å². The molecule has 0 saturated heterocycles. The molecule has 0 saturated carbocycles. The lowest BCUT2D eigenvalue weighted by molar-refractivity contribution is 0.245. The number of fused-ring (bicyclic) bond motifs is 4. The van der Waals surface area contributed by atoms with Crippen LogP contribution in [0.3, 0.4) is 0 Å². The Morgan fingerprint density at radius 3 is 2.68 bits per heavy atom. The molecule has 1 aliphatic heterocycles. The third kappa shape index (κ3) is 2.75. The van der Waals surface area contributed by atoms with Crippen molar-refractivity contribution < 1.29 is 0 Å². The molecule has 2 heteroatoms. The molecule has 142 valence electrons. The highest BCUT2D eigenvalue weighted by Crippen LogP contribution is 2.37. The van der Waals surface area contributed by atoms with Crippen molar-refractivity contribution in [1.82, 2.24) is 9.47 Å². The van der Waals surface area contributed by atoms with E-state index in [0.29, 0.717) is 6.04 Å². The van der Waals surface area contributed by atoms with E-state index in [-0.39, 0.29) is 0 Å². The van der Waals surface area contributed by atoms with Crippen LogP contribution in [0.25, 0.3) is 21.7 Å². The van der Waals surface area contributed by atoms with E-state index in [9.17, 15) is 0 Å². The van der Waals surface area contributed by atoms with Gasteiger partial charge in [-0.1, -0.05) is 54.1 Å². The van der Waals surface area contributed by atoms with Gasteiger partial charge in [0, 0.05) is 42.1 Å². The molecule has 1 aromatic heterocycles. The Morgan fingerprint density at radius 2 is 1.79 bits per heavy atom. The zero-order chi connectivity index (χ0) is 19.3. The van der Waals surface area contributed by atoms with Gasteiger partial charge in [0.1, 0.15) is 0 Å². The quantitative estimate of drug-likeness (QED) is 0.437. The van der Waals surface area contributed by atoms with Gasteiger partial charge in [-0.25, -0.2) is 0 Å². The summed E-state index contributed by atoms with van der Waals surface area (Å²) in [5.74, 6) is 0. The van der Waals surface area contributed by atoms with Crippen molar-refractivity contribution in [3.05, 3.63) is 83.0 Å². The topological polar surface area (TPSA) is 8.17 Å². The van der Waals surface area contributed by atoms with Crippen LogP contribution in [0.5, 0.6) is 0 Å². The maximum absolute atomic E-state index is 2.61. The van der Waals surface area contributed by atoms with Crippen molar-refractivity contribution in [2.24, 2.45) is 0 Å². The third-order valence-corrected chi connectivity index (χ3v) is 6.63. The van der Waals surface area contributed by atoms with E-state index in [4.69, 9.17) is 0 Å². The van der Waals surface area contributed by atoms with Crippen LogP contribution in [0, 0.1) is 6.92 Å². The van der Waals surface area contributed by atoms with Gasteiger partial charge in [-0.3, -0.25) is 4.90 Å². The van der Waals surface area contributed by atoms with Gasteiger partial charge in [-0.05, 0) is 61.3 Å². The monoisotopic (exact) mass is 368 g/mol. The highest BCUT2D eigenvalue weighted by Gasteiger charge is 2.27. The van der Waals surface area contributed by atoms with Crippen molar-refractivity contribution in [1.29, 1.82) is 0 Å². The van der Waals surface area contributed by atoms with E-state index in [1.165, 1.54) is 32.8 Å². The van der Waals surface area contributed by atoms with Crippen molar-refractivity contribution in [2.45, 2.75) is 39.3 Å². The fraction of sp³-hybridized carbons (Fsp3) is 0.308. The van der Waals surface area contributed by atoms with Crippen LogP contribution in [0.4, 0.5) is 0 Å². The summed E-state index contributed by atoms with van der Waals surface area (Å²) in [6, 6.07) is 22.9. The molecule has 3 aromatic carbocycles. The van der Waals surface area contributed by atoms with Crippen molar-refractivity contribution in [3.8, 4) is 0 Å². The Bertz CT molecular complexity index is 1160. The second kappa shape index (κ2) is 6.79. The summed E-state index contributed by atoms with van der Waals surface area (Å²) in [5.41, 5.74) is 7.29. The summed E-state index contributed by atoms with van der Waals surface area (Å²) in [4.78, 5) is 2.49. The van der Waals surface area contributed by atoms with Crippen LogP contribution < -0.4 is 0 Å². The molecule has 1 atom stereocenters. The van der Waals surface area contributed by atoms with Crippen LogP contribution >= 0.6 is 0 Å². The normalized spacial score (nSPS) is 17.3. The fourth-order valence-electron chi connectivity index (χ4n) is 4.98. The van der Waals surface area contributed by atoms with E-state index in [2.05, 4.69) is 91.0 Å². The molecule has 2 nitrogen and oxygen atoms in total. The van der Waals surface area contributed by atoms with E-state index in [1.54, 1.807) is 11.3 Å². The first-order chi connectivity index (χ1) is 13.6.